The Labute approximate surface area is 122 Å². The SMILES string of the molecule is C[Si](C)(CCC(=O)O)OCCO[Si](C)(C)CCC(=O)O. The molecular weight excluding hydrogens is 296 g/mol. The standard InChI is InChI=1S/C12H26O6Si2/c1-19(2,9-5-11(13)14)17-7-8-18-20(3,4)10-6-12(15)16/h5-10H2,1-4H3,(H,13,14)(H,15,16). The van der Waals surface area contributed by atoms with Crippen molar-refractivity contribution in [1.29, 1.82) is 0 Å². The van der Waals surface area contributed by atoms with E-state index in [1.54, 1.807) is 0 Å². The molecule has 0 fully saturated rings. The minimum atomic E-state index is -1.94. The molecule has 0 saturated heterocycles. The van der Waals surface area contributed by atoms with Gasteiger partial charge in [0.2, 0.25) is 0 Å². The van der Waals surface area contributed by atoms with Crippen LogP contribution in [0.15, 0.2) is 0 Å². The Hall–Kier alpha value is -0.706. The zero-order chi connectivity index (χ0) is 15.8. The van der Waals surface area contributed by atoms with E-state index < -0.39 is 28.6 Å². The van der Waals surface area contributed by atoms with Crippen molar-refractivity contribution in [2.75, 3.05) is 13.2 Å². The van der Waals surface area contributed by atoms with Crippen LogP contribution in [0.4, 0.5) is 0 Å². The fourth-order valence-corrected chi connectivity index (χ4v) is 4.79. The van der Waals surface area contributed by atoms with Crippen molar-refractivity contribution in [2.45, 2.75) is 51.1 Å². The van der Waals surface area contributed by atoms with E-state index >= 15 is 0 Å². The first kappa shape index (κ1) is 19.3. The van der Waals surface area contributed by atoms with Gasteiger partial charge in [-0.1, -0.05) is 0 Å². The molecule has 0 radical (unpaired) electrons. The van der Waals surface area contributed by atoms with E-state index in [1.807, 2.05) is 26.2 Å². The molecule has 0 unspecified atom stereocenters. The van der Waals surface area contributed by atoms with Crippen LogP contribution in [0.5, 0.6) is 0 Å². The average Bonchev–Trinajstić information content (AvgIpc) is 2.30. The first-order chi connectivity index (χ1) is 9.04. The van der Waals surface area contributed by atoms with E-state index in [1.165, 1.54) is 0 Å². The van der Waals surface area contributed by atoms with Crippen LogP contribution in [0.2, 0.25) is 38.3 Å². The topological polar surface area (TPSA) is 93.1 Å². The molecule has 0 aromatic carbocycles. The summed E-state index contributed by atoms with van der Waals surface area (Å²) in [5, 5.41) is 17.3. The summed E-state index contributed by atoms with van der Waals surface area (Å²) in [7, 11) is -3.88. The van der Waals surface area contributed by atoms with Crippen LogP contribution in [0.25, 0.3) is 0 Å². The second-order valence-corrected chi connectivity index (χ2v) is 14.6. The molecule has 0 saturated carbocycles. The summed E-state index contributed by atoms with van der Waals surface area (Å²) in [6, 6.07) is 1.17. The van der Waals surface area contributed by atoms with Gasteiger partial charge in [0.1, 0.15) is 0 Å². The van der Waals surface area contributed by atoms with Gasteiger partial charge in [-0.15, -0.1) is 0 Å². The second kappa shape index (κ2) is 8.55. The van der Waals surface area contributed by atoms with Crippen LogP contribution in [0.1, 0.15) is 12.8 Å². The van der Waals surface area contributed by atoms with E-state index in [0.717, 1.165) is 0 Å². The zero-order valence-electron chi connectivity index (χ0n) is 12.8. The normalized spacial score (nSPS) is 12.4. The van der Waals surface area contributed by atoms with E-state index in [4.69, 9.17) is 19.1 Å². The monoisotopic (exact) mass is 322 g/mol. The van der Waals surface area contributed by atoms with Crippen molar-refractivity contribution in [2.24, 2.45) is 0 Å². The molecule has 0 aliphatic heterocycles. The summed E-state index contributed by atoms with van der Waals surface area (Å²) in [6.07, 6.45) is 0.276. The number of carbonyl (C=O) groups is 2. The minimum Gasteiger partial charge on any atom is -0.481 e. The fourth-order valence-electron chi connectivity index (χ4n) is 1.60. The average molecular weight is 323 g/mol. The van der Waals surface area contributed by atoms with Gasteiger partial charge in [-0.2, -0.15) is 0 Å². The van der Waals surface area contributed by atoms with Gasteiger partial charge in [0.05, 0.1) is 13.2 Å². The van der Waals surface area contributed by atoms with Crippen LogP contribution < -0.4 is 0 Å². The number of aliphatic carboxylic acids is 2. The highest BCUT2D eigenvalue weighted by Gasteiger charge is 2.25. The number of hydrogen-bond donors (Lipinski definition) is 2. The third-order valence-corrected chi connectivity index (χ3v) is 7.83. The van der Waals surface area contributed by atoms with Crippen molar-refractivity contribution in [3.8, 4) is 0 Å². The summed E-state index contributed by atoms with van der Waals surface area (Å²) < 4.78 is 11.5. The van der Waals surface area contributed by atoms with Gasteiger partial charge in [-0.05, 0) is 38.3 Å². The lowest BCUT2D eigenvalue weighted by Crippen LogP contribution is -2.36. The van der Waals surface area contributed by atoms with Crippen LogP contribution in [-0.2, 0) is 18.4 Å². The van der Waals surface area contributed by atoms with Crippen LogP contribution in [0.3, 0.4) is 0 Å². The zero-order valence-corrected chi connectivity index (χ0v) is 14.8. The summed E-state index contributed by atoms with van der Waals surface area (Å²) in [4.78, 5) is 21.1. The molecule has 0 bridgehead atoms. The second-order valence-electron chi connectivity index (χ2n) is 6.00. The Morgan fingerprint density at radius 1 is 0.800 bits per heavy atom. The highest BCUT2D eigenvalue weighted by atomic mass is 28.4. The Balaban J connectivity index is 3.88. The first-order valence-corrected chi connectivity index (χ1v) is 13.0. The van der Waals surface area contributed by atoms with Gasteiger partial charge >= 0.3 is 11.9 Å². The van der Waals surface area contributed by atoms with Crippen molar-refractivity contribution in [3.05, 3.63) is 0 Å². The largest absolute Gasteiger partial charge is 0.481 e. The van der Waals surface area contributed by atoms with Gasteiger partial charge in [-0.25, -0.2) is 0 Å². The number of carboxylic acids is 2. The maximum Gasteiger partial charge on any atom is 0.303 e. The molecule has 0 atom stereocenters. The summed E-state index contributed by atoms with van der Waals surface area (Å²) in [5.74, 6) is -1.60. The molecule has 0 aromatic heterocycles. The number of rotatable bonds is 11. The quantitative estimate of drug-likeness (QED) is 0.448. The first-order valence-electron chi connectivity index (χ1n) is 6.76. The number of hydrogen-bond acceptors (Lipinski definition) is 4. The molecule has 0 aliphatic carbocycles. The van der Waals surface area contributed by atoms with Crippen molar-refractivity contribution in [3.63, 3.8) is 0 Å². The Bertz CT molecular complexity index is 298. The predicted molar refractivity (Wildman–Crippen MR) is 81.0 cm³/mol. The number of carboxylic acid groups (broad SMARTS) is 2. The van der Waals surface area contributed by atoms with Crippen molar-refractivity contribution >= 4 is 28.6 Å². The smallest absolute Gasteiger partial charge is 0.303 e. The molecule has 2 N–H and O–H groups in total. The minimum absolute atomic E-state index is 0.138. The molecule has 0 aromatic rings. The van der Waals surface area contributed by atoms with Gasteiger partial charge in [-0.3, -0.25) is 9.59 Å². The van der Waals surface area contributed by atoms with Crippen LogP contribution in [0, 0.1) is 0 Å². The molecule has 0 amide bonds. The molecule has 8 heteroatoms. The Morgan fingerprint density at radius 3 is 1.35 bits per heavy atom. The highest BCUT2D eigenvalue weighted by Crippen LogP contribution is 2.16. The van der Waals surface area contributed by atoms with Gasteiger partial charge < -0.3 is 19.1 Å². The lowest BCUT2D eigenvalue weighted by Gasteiger charge is -2.25. The summed E-state index contributed by atoms with van der Waals surface area (Å²) >= 11 is 0. The molecule has 0 aliphatic rings. The fraction of sp³-hybridized carbons (Fsp3) is 0.833. The summed E-state index contributed by atoms with van der Waals surface area (Å²) in [6.45, 7) is 8.85. The third-order valence-electron chi connectivity index (χ3n) is 2.95. The van der Waals surface area contributed by atoms with Gasteiger partial charge in [0.25, 0.3) is 0 Å². The van der Waals surface area contributed by atoms with Crippen molar-refractivity contribution < 1.29 is 28.7 Å². The Morgan fingerprint density at radius 2 is 1.10 bits per heavy atom. The van der Waals surface area contributed by atoms with Crippen LogP contribution >= 0.6 is 0 Å². The molecule has 20 heavy (non-hydrogen) atoms. The lowest BCUT2D eigenvalue weighted by molar-refractivity contribution is -0.137. The van der Waals surface area contributed by atoms with Crippen molar-refractivity contribution in [1.82, 2.24) is 0 Å². The summed E-state index contributed by atoms with van der Waals surface area (Å²) in [5.41, 5.74) is 0. The third kappa shape index (κ3) is 11.1. The highest BCUT2D eigenvalue weighted by molar-refractivity contribution is 6.71. The lowest BCUT2D eigenvalue weighted by atomic mass is 10.5. The molecule has 0 spiro atoms. The van der Waals surface area contributed by atoms with E-state index in [0.29, 0.717) is 25.3 Å². The molecule has 6 nitrogen and oxygen atoms in total. The van der Waals surface area contributed by atoms with E-state index in [-0.39, 0.29) is 12.8 Å². The predicted octanol–water partition coefficient (Wildman–Crippen LogP) is 2.38. The maximum absolute atomic E-state index is 10.5. The van der Waals surface area contributed by atoms with Gasteiger partial charge in [0, 0.05) is 12.8 Å². The maximum atomic E-state index is 10.5. The van der Waals surface area contributed by atoms with E-state index in [2.05, 4.69) is 0 Å². The van der Waals surface area contributed by atoms with Crippen LogP contribution in [-0.4, -0.2) is 52.0 Å². The van der Waals surface area contributed by atoms with E-state index in [9.17, 15) is 9.59 Å². The molecule has 0 rings (SSSR count). The molecule has 118 valence electrons. The molecular formula is C12H26O6Si2. The molecule has 0 heterocycles. The van der Waals surface area contributed by atoms with Gasteiger partial charge in [0.15, 0.2) is 16.6 Å². The Kier molecular flexibility index (Phi) is 8.25.